The minimum Gasteiger partial charge on any atom is -0.361 e. The second-order valence-corrected chi connectivity index (χ2v) is 3.77. The Morgan fingerprint density at radius 1 is 1.25 bits per heavy atom. The molecule has 12 heavy (non-hydrogen) atoms. The van der Waals surface area contributed by atoms with Gasteiger partial charge in [-0.15, -0.1) is 0 Å². The number of hydrogen-bond acceptors (Lipinski definition) is 2. The van der Waals surface area contributed by atoms with Crippen LogP contribution in [0, 0.1) is 5.41 Å². The van der Waals surface area contributed by atoms with Gasteiger partial charge in [0.15, 0.2) is 0 Å². The number of likely N-dealkylation sites (tertiary alicyclic amines) is 1. The predicted molar refractivity (Wildman–Crippen MR) is 56.2 cm³/mol. The lowest BCUT2D eigenvalue weighted by Gasteiger charge is -2.28. The van der Waals surface area contributed by atoms with Gasteiger partial charge in [-0.1, -0.05) is 0 Å². The molecule has 1 fully saturated rings. The van der Waals surface area contributed by atoms with Gasteiger partial charge in [-0.2, -0.15) is 12.6 Å². The quantitative estimate of drug-likeness (QED) is 0.394. The van der Waals surface area contributed by atoms with Crippen molar-refractivity contribution in [3.63, 3.8) is 0 Å². The second-order valence-electron chi connectivity index (χ2n) is 3.32. The van der Waals surface area contributed by atoms with Crippen LogP contribution in [-0.2, 0) is 0 Å². The monoisotopic (exact) mass is 186 g/mol. The maximum atomic E-state index is 7.78. The first kappa shape index (κ1) is 9.90. The van der Waals surface area contributed by atoms with E-state index in [9.17, 15) is 0 Å². The Kier molecular flexibility index (Phi) is 4.51. The number of nitrogens with one attached hydrogen (secondary N) is 1. The highest BCUT2D eigenvalue weighted by molar-refractivity contribution is 7.80. The van der Waals surface area contributed by atoms with Crippen LogP contribution in [0.2, 0.25) is 0 Å². The summed E-state index contributed by atoms with van der Waals surface area (Å²) in [7, 11) is 0. The van der Waals surface area contributed by atoms with Crippen molar-refractivity contribution in [2.45, 2.75) is 32.1 Å². The molecule has 1 saturated heterocycles. The molecule has 0 spiro atoms. The van der Waals surface area contributed by atoms with E-state index >= 15 is 0 Å². The summed E-state index contributed by atoms with van der Waals surface area (Å²) in [5.41, 5.74) is 0. The molecule has 1 N–H and O–H groups in total. The van der Waals surface area contributed by atoms with Crippen molar-refractivity contribution < 1.29 is 0 Å². The fourth-order valence-electron chi connectivity index (χ4n) is 1.57. The van der Waals surface area contributed by atoms with Crippen LogP contribution < -0.4 is 0 Å². The minimum absolute atomic E-state index is 0.823. The predicted octanol–water partition coefficient (Wildman–Crippen LogP) is 2.16. The third-order valence-electron chi connectivity index (χ3n) is 2.31. The number of rotatable bonds is 3. The fourth-order valence-corrected chi connectivity index (χ4v) is 1.73. The summed E-state index contributed by atoms with van der Waals surface area (Å²) in [6.45, 7) is 2.21. The van der Waals surface area contributed by atoms with Gasteiger partial charge in [0.2, 0.25) is 0 Å². The largest absolute Gasteiger partial charge is 0.361 e. The van der Waals surface area contributed by atoms with Crippen LogP contribution in [0.15, 0.2) is 0 Å². The van der Waals surface area contributed by atoms with Crippen molar-refractivity contribution in [2.75, 3.05) is 18.8 Å². The van der Waals surface area contributed by atoms with E-state index in [1.165, 1.54) is 19.3 Å². The molecule has 1 aliphatic rings. The first-order chi connectivity index (χ1) is 5.84. The van der Waals surface area contributed by atoms with Crippen LogP contribution in [0.25, 0.3) is 0 Å². The molecule has 3 heteroatoms. The van der Waals surface area contributed by atoms with Crippen LogP contribution in [0.5, 0.6) is 0 Å². The fraction of sp³-hybridized carbons (Fsp3) is 0.889. The molecule has 1 rings (SSSR count). The van der Waals surface area contributed by atoms with Crippen molar-refractivity contribution >= 4 is 18.5 Å². The van der Waals surface area contributed by atoms with E-state index in [0.717, 1.165) is 37.5 Å². The SMILES string of the molecule is N=C(CCCS)N1CCCCC1. The van der Waals surface area contributed by atoms with E-state index in [1.54, 1.807) is 0 Å². The van der Waals surface area contributed by atoms with Crippen molar-refractivity contribution in [2.24, 2.45) is 0 Å². The van der Waals surface area contributed by atoms with E-state index in [1.807, 2.05) is 0 Å². The molecule has 0 amide bonds. The van der Waals surface area contributed by atoms with Crippen molar-refractivity contribution in [1.82, 2.24) is 4.90 Å². The summed E-state index contributed by atoms with van der Waals surface area (Å²) >= 11 is 4.14. The molecule has 0 aromatic heterocycles. The van der Waals surface area contributed by atoms with E-state index < -0.39 is 0 Å². The summed E-state index contributed by atoms with van der Waals surface area (Å²) < 4.78 is 0. The van der Waals surface area contributed by atoms with Gasteiger partial charge in [-0.05, 0) is 31.4 Å². The molecule has 1 heterocycles. The summed E-state index contributed by atoms with van der Waals surface area (Å²) in [6.07, 6.45) is 5.82. The van der Waals surface area contributed by atoms with Gasteiger partial charge in [-0.25, -0.2) is 0 Å². The Labute approximate surface area is 80.3 Å². The van der Waals surface area contributed by atoms with Crippen LogP contribution >= 0.6 is 12.6 Å². The first-order valence-electron chi connectivity index (χ1n) is 4.78. The second kappa shape index (κ2) is 5.46. The van der Waals surface area contributed by atoms with Gasteiger partial charge in [0.25, 0.3) is 0 Å². The maximum absolute atomic E-state index is 7.78. The summed E-state index contributed by atoms with van der Waals surface area (Å²) in [6, 6.07) is 0. The highest BCUT2D eigenvalue weighted by Gasteiger charge is 2.12. The Bertz CT molecular complexity index is 141. The van der Waals surface area contributed by atoms with Crippen molar-refractivity contribution in [3.05, 3.63) is 0 Å². The molecule has 2 nitrogen and oxygen atoms in total. The Balaban J connectivity index is 2.20. The summed E-state index contributed by atoms with van der Waals surface area (Å²) in [4.78, 5) is 2.22. The lowest BCUT2D eigenvalue weighted by Crippen LogP contribution is -2.35. The molecule has 1 aliphatic heterocycles. The minimum atomic E-state index is 0.823. The number of thiol groups is 1. The molecule has 0 aromatic rings. The summed E-state index contributed by atoms with van der Waals surface area (Å²) in [5, 5.41) is 7.78. The molecule has 0 atom stereocenters. The summed E-state index contributed by atoms with van der Waals surface area (Å²) in [5.74, 6) is 1.72. The van der Waals surface area contributed by atoms with Crippen LogP contribution in [0.1, 0.15) is 32.1 Å². The van der Waals surface area contributed by atoms with E-state index in [2.05, 4.69) is 17.5 Å². The highest BCUT2D eigenvalue weighted by atomic mass is 32.1. The van der Waals surface area contributed by atoms with Gasteiger partial charge in [0, 0.05) is 19.5 Å². The van der Waals surface area contributed by atoms with Gasteiger partial charge in [-0.3, -0.25) is 5.41 Å². The standard InChI is InChI=1S/C9H18N2S/c10-9(5-4-8-12)11-6-2-1-3-7-11/h10,12H,1-8H2. The Morgan fingerprint density at radius 3 is 2.50 bits per heavy atom. The van der Waals surface area contributed by atoms with E-state index in [-0.39, 0.29) is 0 Å². The Hall–Kier alpha value is -0.180. The van der Waals surface area contributed by atoms with E-state index in [0.29, 0.717) is 0 Å². The zero-order chi connectivity index (χ0) is 8.81. The number of nitrogens with zero attached hydrogens (tertiary/aromatic N) is 1. The van der Waals surface area contributed by atoms with Gasteiger partial charge >= 0.3 is 0 Å². The van der Waals surface area contributed by atoms with Crippen LogP contribution in [-0.4, -0.2) is 29.6 Å². The number of piperidine rings is 1. The van der Waals surface area contributed by atoms with Gasteiger partial charge < -0.3 is 4.90 Å². The molecule has 0 radical (unpaired) electrons. The van der Waals surface area contributed by atoms with E-state index in [4.69, 9.17) is 5.41 Å². The molecule has 0 bridgehead atoms. The third-order valence-corrected chi connectivity index (χ3v) is 2.63. The van der Waals surface area contributed by atoms with Gasteiger partial charge in [0.1, 0.15) is 0 Å². The normalized spacial score (nSPS) is 17.9. The average molecular weight is 186 g/mol. The molecule has 0 aromatic carbocycles. The van der Waals surface area contributed by atoms with Crippen LogP contribution in [0.3, 0.4) is 0 Å². The first-order valence-corrected chi connectivity index (χ1v) is 5.41. The van der Waals surface area contributed by atoms with Crippen molar-refractivity contribution in [3.8, 4) is 0 Å². The maximum Gasteiger partial charge on any atom is 0.0957 e. The molecule has 0 aliphatic carbocycles. The van der Waals surface area contributed by atoms with Gasteiger partial charge in [0.05, 0.1) is 5.84 Å². The topological polar surface area (TPSA) is 27.1 Å². The van der Waals surface area contributed by atoms with Crippen LogP contribution in [0.4, 0.5) is 0 Å². The molecule has 0 saturated carbocycles. The molecule has 0 unspecified atom stereocenters. The molecular weight excluding hydrogens is 168 g/mol. The average Bonchev–Trinajstić information content (AvgIpc) is 2.15. The lowest BCUT2D eigenvalue weighted by atomic mass is 10.1. The zero-order valence-electron chi connectivity index (χ0n) is 7.55. The molecular formula is C9H18N2S. The smallest absolute Gasteiger partial charge is 0.0957 e. The number of amidine groups is 1. The zero-order valence-corrected chi connectivity index (χ0v) is 8.45. The number of hydrogen-bond donors (Lipinski definition) is 2. The van der Waals surface area contributed by atoms with Crippen molar-refractivity contribution in [1.29, 1.82) is 5.41 Å². The third kappa shape index (κ3) is 3.05. The highest BCUT2D eigenvalue weighted by Crippen LogP contribution is 2.10. The lowest BCUT2D eigenvalue weighted by molar-refractivity contribution is 0.334. The Morgan fingerprint density at radius 2 is 1.92 bits per heavy atom. The molecule has 70 valence electrons.